The van der Waals surface area contributed by atoms with Gasteiger partial charge in [-0.3, -0.25) is 0 Å². The van der Waals surface area contributed by atoms with Crippen LogP contribution in [0.4, 0.5) is 28.4 Å². The van der Waals surface area contributed by atoms with Crippen molar-refractivity contribution in [1.82, 2.24) is 0 Å². The quantitative estimate of drug-likeness (QED) is 0.171. The summed E-state index contributed by atoms with van der Waals surface area (Å²) in [5.41, 5.74) is 21.6. The number of hydrogen-bond donors (Lipinski definition) is 1. The molecular formula is C66H53Br3N2. The summed E-state index contributed by atoms with van der Waals surface area (Å²) in [5, 5.41) is 3.58. The Morgan fingerprint density at radius 3 is 1.13 bits per heavy atom. The van der Waals surface area contributed by atoms with Gasteiger partial charge in [0.15, 0.2) is 0 Å². The van der Waals surface area contributed by atoms with E-state index in [4.69, 9.17) is 0 Å². The van der Waals surface area contributed by atoms with Gasteiger partial charge in [-0.25, -0.2) is 0 Å². The van der Waals surface area contributed by atoms with E-state index >= 15 is 0 Å². The zero-order chi connectivity index (χ0) is 49.1. The van der Waals surface area contributed by atoms with Crippen LogP contribution < -0.4 is 10.2 Å². The lowest BCUT2D eigenvalue weighted by Crippen LogP contribution is -2.16. The Morgan fingerprint density at radius 1 is 0.296 bits per heavy atom. The van der Waals surface area contributed by atoms with Crippen molar-refractivity contribution in [2.45, 2.75) is 38.5 Å². The van der Waals surface area contributed by atoms with E-state index in [1.54, 1.807) is 0 Å². The highest BCUT2D eigenvalue weighted by Gasteiger charge is 2.36. The molecule has 0 bridgehead atoms. The van der Waals surface area contributed by atoms with Gasteiger partial charge in [0.1, 0.15) is 0 Å². The largest absolute Gasteiger partial charge is 0.356 e. The van der Waals surface area contributed by atoms with E-state index < -0.39 is 0 Å². The number of anilines is 5. The Balaban J connectivity index is 0.000000144. The molecule has 1 N–H and O–H groups in total. The van der Waals surface area contributed by atoms with Gasteiger partial charge in [0.2, 0.25) is 0 Å². The Kier molecular flexibility index (Phi) is 13.8. The van der Waals surface area contributed by atoms with Gasteiger partial charge in [-0.2, -0.15) is 0 Å². The SMILES string of the molecule is Brc1ccc(Br)cc1.CC1(C)c2ccccc2-c2ccc(N(c3ccc(Br)cc3)c3ccc(-c4ccccc4)cc3)cc21.CC1(C)c2ccccc2-c2ccc(Nc3ccc(-c4ccccc4)cc3)cc21. The van der Waals surface area contributed by atoms with Crippen LogP contribution in [-0.2, 0) is 10.8 Å². The molecule has 71 heavy (non-hydrogen) atoms. The smallest absolute Gasteiger partial charge is 0.0465 e. The normalized spacial score (nSPS) is 12.9. The number of nitrogens with zero attached hydrogens (tertiary/aromatic N) is 1. The summed E-state index contributed by atoms with van der Waals surface area (Å²) in [7, 11) is 0. The molecule has 0 aromatic heterocycles. The maximum Gasteiger partial charge on any atom is 0.0465 e. The number of benzene rings is 10. The first kappa shape index (κ1) is 47.9. The molecule has 0 aliphatic heterocycles. The molecule has 0 saturated carbocycles. The highest BCUT2D eigenvalue weighted by atomic mass is 79.9. The number of nitrogens with one attached hydrogen (secondary N) is 1. The molecule has 0 saturated heterocycles. The van der Waals surface area contributed by atoms with Gasteiger partial charge in [0.25, 0.3) is 0 Å². The second-order valence-electron chi connectivity index (χ2n) is 19.1. The van der Waals surface area contributed by atoms with Crippen LogP contribution in [0.2, 0.25) is 0 Å². The third-order valence-electron chi connectivity index (χ3n) is 13.8. The standard InChI is InChI=1S/C33H26BrN.C27H23N.C6H4Br2/c1-33(2)31-11-7-6-10-29(31)30-21-20-28(22-32(30)33)35(27-18-14-25(34)15-19-27)26-16-12-24(13-17-26)23-8-4-3-5-9-23;1-27(2)25-11-7-6-10-23(25)24-17-16-22(18-26(24)27)28-21-14-12-20(13-15-21)19-8-4-3-5-9-19;7-5-1-2-6(8)4-3-5/h3-22H,1-2H3;3-18,28H,1-2H3;1-4H. The lowest BCUT2D eigenvalue weighted by Gasteiger charge is -2.28. The first-order chi connectivity index (χ1) is 34.4. The predicted molar refractivity (Wildman–Crippen MR) is 313 cm³/mol. The lowest BCUT2D eigenvalue weighted by molar-refractivity contribution is 0.660. The molecule has 12 rings (SSSR count). The molecule has 0 spiro atoms. The average Bonchev–Trinajstić information content (AvgIpc) is 3.78. The molecule has 2 aliphatic carbocycles. The molecule has 0 atom stereocenters. The van der Waals surface area contributed by atoms with Gasteiger partial charge in [-0.05, 0) is 164 Å². The Bertz CT molecular complexity index is 3420. The van der Waals surface area contributed by atoms with Gasteiger partial charge >= 0.3 is 0 Å². The maximum absolute atomic E-state index is 3.60. The van der Waals surface area contributed by atoms with E-state index in [-0.39, 0.29) is 10.8 Å². The molecule has 0 radical (unpaired) electrons. The van der Waals surface area contributed by atoms with Crippen molar-refractivity contribution in [2.75, 3.05) is 10.2 Å². The van der Waals surface area contributed by atoms with Crippen molar-refractivity contribution in [2.24, 2.45) is 0 Å². The molecule has 0 amide bonds. The zero-order valence-electron chi connectivity index (χ0n) is 40.2. The zero-order valence-corrected chi connectivity index (χ0v) is 44.9. The summed E-state index contributed by atoms with van der Waals surface area (Å²) >= 11 is 10.2. The van der Waals surface area contributed by atoms with E-state index in [1.165, 1.54) is 72.4 Å². The van der Waals surface area contributed by atoms with Crippen LogP contribution in [-0.4, -0.2) is 0 Å². The van der Waals surface area contributed by atoms with Crippen LogP contribution in [0.5, 0.6) is 0 Å². The fraction of sp³-hybridized carbons (Fsp3) is 0.0909. The maximum atomic E-state index is 3.60. The summed E-state index contributed by atoms with van der Waals surface area (Å²) in [5.74, 6) is 0. The number of rotatable bonds is 7. The molecule has 0 unspecified atom stereocenters. The van der Waals surface area contributed by atoms with Gasteiger partial charge in [0.05, 0.1) is 0 Å². The summed E-state index contributed by atoms with van der Waals surface area (Å²) in [6.07, 6.45) is 0. The van der Waals surface area contributed by atoms with E-state index in [2.05, 4.69) is 298 Å². The first-order valence-electron chi connectivity index (χ1n) is 24.0. The third kappa shape index (κ3) is 10.1. The van der Waals surface area contributed by atoms with Crippen molar-refractivity contribution in [3.05, 3.63) is 278 Å². The number of halogens is 3. The molecule has 348 valence electrons. The summed E-state index contributed by atoms with van der Waals surface area (Å²) in [6.45, 7) is 9.30. The van der Waals surface area contributed by atoms with Crippen LogP contribution in [0.25, 0.3) is 44.5 Å². The molecule has 2 aliphatic rings. The Labute approximate surface area is 444 Å². The highest BCUT2D eigenvalue weighted by molar-refractivity contribution is 9.11. The molecule has 0 fully saturated rings. The van der Waals surface area contributed by atoms with Crippen LogP contribution >= 0.6 is 47.8 Å². The fourth-order valence-corrected chi connectivity index (χ4v) is 10.9. The van der Waals surface area contributed by atoms with Crippen molar-refractivity contribution in [3.8, 4) is 44.5 Å². The Hall–Kier alpha value is -6.76. The predicted octanol–water partition coefficient (Wildman–Crippen LogP) is 20.5. The monoisotopic (exact) mass is 1110 g/mol. The molecule has 5 heteroatoms. The second-order valence-corrected chi connectivity index (χ2v) is 21.8. The molecule has 10 aromatic carbocycles. The van der Waals surface area contributed by atoms with Crippen LogP contribution in [0.1, 0.15) is 49.9 Å². The molecule has 0 heterocycles. The molecule has 10 aromatic rings. The minimum atomic E-state index is -0.0372. The van der Waals surface area contributed by atoms with Crippen LogP contribution in [0.3, 0.4) is 0 Å². The second kappa shape index (κ2) is 20.5. The van der Waals surface area contributed by atoms with Gasteiger partial charge in [0, 0.05) is 52.7 Å². The number of hydrogen-bond acceptors (Lipinski definition) is 2. The average molecular weight is 1110 g/mol. The minimum absolute atomic E-state index is 0.0286. The van der Waals surface area contributed by atoms with E-state index in [9.17, 15) is 0 Å². The first-order valence-corrected chi connectivity index (χ1v) is 26.4. The number of fused-ring (bicyclic) bond motifs is 6. The summed E-state index contributed by atoms with van der Waals surface area (Å²) < 4.78 is 3.30. The topological polar surface area (TPSA) is 15.3 Å². The van der Waals surface area contributed by atoms with E-state index in [0.717, 1.165) is 36.2 Å². The van der Waals surface area contributed by atoms with Crippen molar-refractivity contribution in [3.63, 3.8) is 0 Å². The van der Waals surface area contributed by atoms with Crippen molar-refractivity contribution in [1.29, 1.82) is 0 Å². The fourth-order valence-electron chi connectivity index (χ4n) is 10.1. The Morgan fingerprint density at radius 2 is 0.634 bits per heavy atom. The van der Waals surface area contributed by atoms with Crippen molar-refractivity contribution < 1.29 is 0 Å². The van der Waals surface area contributed by atoms with Crippen LogP contribution in [0.15, 0.2) is 256 Å². The van der Waals surface area contributed by atoms with E-state index in [0.29, 0.717) is 0 Å². The van der Waals surface area contributed by atoms with Gasteiger partial charge in [-0.15, -0.1) is 0 Å². The van der Waals surface area contributed by atoms with Crippen molar-refractivity contribution >= 4 is 76.2 Å². The van der Waals surface area contributed by atoms with E-state index in [1.807, 2.05) is 30.3 Å². The third-order valence-corrected chi connectivity index (χ3v) is 15.4. The molecule has 2 nitrogen and oxygen atoms in total. The summed E-state index contributed by atoms with van der Waals surface area (Å²) in [6, 6.07) is 86.3. The summed E-state index contributed by atoms with van der Waals surface area (Å²) in [4.78, 5) is 2.35. The van der Waals surface area contributed by atoms with Gasteiger partial charge in [-0.1, -0.05) is 221 Å². The highest BCUT2D eigenvalue weighted by Crippen LogP contribution is 2.51. The minimum Gasteiger partial charge on any atom is -0.356 e. The molecular weight excluding hydrogens is 1060 g/mol. The lowest BCUT2D eigenvalue weighted by atomic mass is 9.82. The van der Waals surface area contributed by atoms with Gasteiger partial charge < -0.3 is 10.2 Å². The van der Waals surface area contributed by atoms with Crippen LogP contribution in [0, 0.1) is 0 Å².